The molecule has 8 nitrogen and oxygen atoms in total. The SMILES string of the molecule is NS(=O)(=O)N1CCc2ccc(NC(=O)c3cc(Cl)c4c(c3)OCCO4)cc21. The molecule has 2 aliphatic rings. The van der Waals surface area contributed by atoms with Gasteiger partial charge in [0, 0.05) is 17.8 Å². The summed E-state index contributed by atoms with van der Waals surface area (Å²) in [7, 11) is -3.86. The van der Waals surface area contributed by atoms with E-state index >= 15 is 0 Å². The first-order chi connectivity index (χ1) is 12.8. The summed E-state index contributed by atoms with van der Waals surface area (Å²) in [5.41, 5.74) is 2.06. The molecule has 0 aromatic heterocycles. The van der Waals surface area contributed by atoms with Crippen LogP contribution in [0.1, 0.15) is 15.9 Å². The summed E-state index contributed by atoms with van der Waals surface area (Å²) in [6.07, 6.45) is 0.567. The lowest BCUT2D eigenvalue weighted by atomic mass is 10.1. The van der Waals surface area contributed by atoms with Crippen molar-refractivity contribution >= 4 is 39.1 Å². The molecule has 0 unspecified atom stereocenters. The van der Waals surface area contributed by atoms with E-state index in [1.807, 2.05) is 0 Å². The number of ether oxygens (including phenoxy) is 2. The monoisotopic (exact) mass is 409 g/mol. The third kappa shape index (κ3) is 3.41. The Morgan fingerprint density at radius 3 is 2.74 bits per heavy atom. The lowest BCUT2D eigenvalue weighted by Gasteiger charge is -2.20. The van der Waals surface area contributed by atoms with E-state index < -0.39 is 16.1 Å². The number of nitrogens with zero attached hydrogens (tertiary/aromatic N) is 1. The van der Waals surface area contributed by atoms with Crippen LogP contribution < -0.4 is 24.2 Å². The molecule has 2 aliphatic heterocycles. The number of carbonyl (C=O) groups excluding carboxylic acids is 1. The van der Waals surface area contributed by atoms with E-state index in [0.717, 1.165) is 9.87 Å². The predicted molar refractivity (Wildman–Crippen MR) is 101 cm³/mol. The van der Waals surface area contributed by atoms with E-state index in [1.54, 1.807) is 24.3 Å². The standard InChI is InChI=1S/C17H16ClN3O5S/c18-13-7-11(8-15-16(13)26-6-5-25-15)17(22)20-12-2-1-10-3-4-21(14(10)9-12)27(19,23)24/h1-2,7-9H,3-6H2,(H,20,22)(H2,19,23,24). The highest BCUT2D eigenvalue weighted by Gasteiger charge is 2.27. The molecule has 0 bridgehead atoms. The van der Waals surface area contributed by atoms with E-state index in [9.17, 15) is 13.2 Å². The highest BCUT2D eigenvalue weighted by molar-refractivity contribution is 7.90. The molecule has 0 spiro atoms. The second-order valence-electron chi connectivity index (χ2n) is 6.15. The summed E-state index contributed by atoms with van der Waals surface area (Å²) < 4.78 is 35.4. The van der Waals surface area contributed by atoms with Gasteiger partial charge >= 0.3 is 0 Å². The molecule has 0 atom stereocenters. The second-order valence-corrected chi connectivity index (χ2v) is 8.02. The number of amides is 1. The zero-order chi connectivity index (χ0) is 19.2. The van der Waals surface area contributed by atoms with Crippen molar-refractivity contribution in [3.8, 4) is 11.5 Å². The largest absolute Gasteiger partial charge is 0.486 e. The van der Waals surface area contributed by atoms with Gasteiger partial charge in [-0.25, -0.2) is 5.14 Å². The van der Waals surface area contributed by atoms with E-state index in [-0.39, 0.29) is 11.6 Å². The van der Waals surface area contributed by atoms with Crippen LogP contribution in [0.5, 0.6) is 11.5 Å². The second kappa shape index (κ2) is 6.59. The van der Waals surface area contributed by atoms with Gasteiger partial charge in [-0.2, -0.15) is 8.42 Å². The minimum absolute atomic E-state index is 0.281. The lowest BCUT2D eigenvalue weighted by Crippen LogP contribution is -2.35. The first kappa shape index (κ1) is 17.9. The van der Waals surface area contributed by atoms with Crippen molar-refractivity contribution in [3.63, 3.8) is 0 Å². The van der Waals surface area contributed by atoms with Gasteiger partial charge in [0.05, 0.1) is 10.7 Å². The van der Waals surface area contributed by atoms with Gasteiger partial charge in [0.15, 0.2) is 11.5 Å². The van der Waals surface area contributed by atoms with E-state index in [0.29, 0.717) is 48.1 Å². The fraction of sp³-hybridized carbons (Fsp3) is 0.235. The number of nitrogens with two attached hydrogens (primary N) is 1. The van der Waals surface area contributed by atoms with Crippen molar-refractivity contribution in [2.45, 2.75) is 6.42 Å². The van der Waals surface area contributed by atoms with Crippen molar-refractivity contribution < 1.29 is 22.7 Å². The Morgan fingerprint density at radius 1 is 1.19 bits per heavy atom. The Balaban J connectivity index is 1.60. The smallest absolute Gasteiger partial charge is 0.299 e. The third-order valence-electron chi connectivity index (χ3n) is 4.36. The van der Waals surface area contributed by atoms with Gasteiger partial charge in [-0.1, -0.05) is 17.7 Å². The van der Waals surface area contributed by atoms with Crippen molar-refractivity contribution in [2.24, 2.45) is 5.14 Å². The normalized spacial score (nSPS) is 15.4. The van der Waals surface area contributed by atoms with Crippen LogP contribution in [-0.4, -0.2) is 34.1 Å². The number of hydrogen-bond acceptors (Lipinski definition) is 5. The van der Waals surface area contributed by atoms with Crippen LogP contribution in [0.2, 0.25) is 5.02 Å². The van der Waals surface area contributed by atoms with E-state index in [1.165, 1.54) is 6.07 Å². The van der Waals surface area contributed by atoms with Crippen LogP contribution in [0.3, 0.4) is 0 Å². The summed E-state index contributed by atoms with van der Waals surface area (Å²) in [5, 5.41) is 8.27. The van der Waals surface area contributed by atoms with Gasteiger partial charge in [0.2, 0.25) is 0 Å². The molecule has 2 aromatic rings. The topological polar surface area (TPSA) is 111 Å². The molecule has 142 valence electrons. The molecule has 0 saturated heterocycles. The van der Waals surface area contributed by atoms with Crippen LogP contribution in [0.25, 0.3) is 0 Å². The van der Waals surface area contributed by atoms with E-state index in [4.69, 9.17) is 26.2 Å². The van der Waals surface area contributed by atoms with Gasteiger partial charge < -0.3 is 14.8 Å². The molecule has 0 fully saturated rings. The first-order valence-electron chi connectivity index (χ1n) is 8.17. The van der Waals surface area contributed by atoms with Crippen LogP contribution >= 0.6 is 11.6 Å². The highest BCUT2D eigenvalue weighted by atomic mass is 35.5. The minimum Gasteiger partial charge on any atom is -0.486 e. The summed E-state index contributed by atoms with van der Waals surface area (Å²) in [4.78, 5) is 12.6. The van der Waals surface area contributed by atoms with Gasteiger partial charge in [-0.05, 0) is 36.2 Å². The van der Waals surface area contributed by atoms with Crippen LogP contribution in [-0.2, 0) is 16.6 Å². The summed E-state index contributed by atoms with van der Waals surface area (Å²) in [6, 6.07) is 8.12. The molecule has 2 aromatic carbocycles. The van der Waals surface area contributed by atoms with Crippen LogP contribution in [0, 0.1) is 0 Å². The van der Waals surface area contributed by atoms with Crippen LogP contribution in [0.4, 0.5) is 11.4 Å². The molecule has 0 radical (unpaired) electrons. The molecular formula is C17H16ClN3O5S. The van der Waals surface area contributed by atoms with Gasteiger partial charge in [0.25, 0.3) is 16.1 Å². The van der Waals surface area contributed by atoms with Crippen LogP contribution in [0.15, 0.2) is 30.3 Å². The number of halogens is 1. The molecule has 27 heavy (non-hydrogen) atoms. The average molecular weight is 410 g/mol. The predicted octanol–water partition coefficient (Wildman–Crippen LogP) is 1.93. The number of anilines is 2. The number of rotatable bonds is 3. The Labute approximate surface area is 161 Å². The fourth-order valence-corrected chi connectivity index (χ4v) is 4.19. The molecule has 0 saturated carbocycles. The third-order valence-corrected chi connectivity index (χ3v) is 5.64. The van der Waals surface area contributed by atoms with Crippen molar-refractivity contribution in [1.29, 1.82) is 0 Å². The van der Waals surface area contributed by atoms with Gasteiger partial charge in [-0.3, -0.25) is 9.10 Å². The maximum absolute atomic E-state index is 12.6. The Morgan fingerprint density at radius 2 is 1.96 bits per heavy atom. The Kier molecular flexibility index (Phi) is 4.37. The zero-order valence-electron chi connectivity index (χ0n) is 14.1. The highest BCUT2D eigenvalue weighted by Crippen LogP contribution is 2.38. The fourth-order valence-electron chi connectivity index (χ4n) is 3.14. The molecule has 10 heteroatoms. The van der Waals surface area contributed by atoms with Crippen molar-refractivity contribution in [2.75, 3.05) is 29.4 Å². The lowest BCUT2D eigenvalue weighted by molar-refractivity contribution is 0.102. The van der Waals surface area contributed by atoms with Gasteiger partial charge in [0.1, 0.15) is 13.2 Å². The van der Waals surface area contributed by atoms with Gasteiger partial charge in [-0.15, -0.1) is 0 Å². The number of fused-ring (bicyclic) bond motifs is 2. The average Bonchev–Trinajstić information content (AvgIpc) is 3.05. The molecular weight excluding hydrogens is 394 g/mol. The molecule has 1 amide bonds. The first-order valence-corrected chi connectivity index (χ1v) is 10.0. The maximum Gasteiger partial charge on any atom is 0.299 e. The number of nitrogens with one attached hydrogen (secondary N) is 1. The van der Waals surface area contributed by atoms with E-state index in [2.05, 4.69) is 5.32 Å². The number of hydrogen-bond donors (Lipinski definition) is 2. The molecule has 2 heterocycles. The molecule has 0 aliphatic carbocycles. The summed E-state index contributed by atoms with van der Waals surface area (Å²) in [5.74, 6) is 0.419. The number of carbonyl (C=O) groups is 1. The Bertz CT molecular complexity index is 1040. The minimum atomic E-state index is -3.86. The summed E-state index contributed by atoms with van der Waals surface area (Å²) >= 11 is 6.17. The Hall–Kier alpha value is -2.49. The molecule has 3 N–H and O–H groups in total. The van der Waals surface area contributed by atoms with Crippen molar-refractivity contribution in [1.82, 2.24) is 0 Å². The molecule has 4 rings (SSSR count). The number of benzene rings is 2. The maximum atomic E-state index is 12.6. The van der Waals surface area contributed by atoms with Crippen molar-refractivity contribution in [3.05, 3.63) is 46.5 Å². The zero-order valence-corrected chi connectivity index (χ0v) is 15.6. The quantitative estimate of drug-likeness (QED) is 0.804. The summed E-state index contributed by atoms with van der Waals surface area (Å²) in [6.45, 7) is 1.06.